The number of aromatic nitrogens is 1. The molecule has 0 saturated carbocycles. The van der Waals surface area contributed by atoms with E-state index in [-0.39, 0.29) is 0 Å². The molecule has 1 aliphatic heterocycles. The fourth-order valence-electron chi connectivity index (χ4n) is 0.989. The van der Waals surface area contributed by atoms with Crippen LogP contribution < -0.4 is 4.74 Å². The van der Waals surface area contributed by atoms with Crippen LogP contribution >= 0.6 is 0 Å². The molecule has 13 heavy (non-hydrogen) atoms. The Kier molecular flexibility index (Phi) is 3.43. The maximum Gasteiger partial charge on any atom is 0.240 e. The van der Waals surface area contributed by atoms with E-state index in [2.05, 4.69) is 9.98 Å². The van der Waals surface area contributed by atoms with Crippen molar-refractivity contribution in [2.24, 2.45) is 4.99 Å². The summed E-state index contributed by atoms with van der Waals surface area (Å²) in [7, 11) is 0. The second-order valence-corrected chi connectivity index (χ2v) is 2.46. The molecule has 0 radical (unpaired) electrons. The lowest BCUT2D eigenvalue weighted by atomic mass is 10.3. The molecule has 3 nitrogen and oxygen atoms in total. The van der Waals surface area contributed by atoms with E-state index in [0.29, 0.717) is 12.5 Å². The van der Waals surface area contributed by atoms with Crippen molar-refractivity contribution in [1.82, 2.24) is 4.98 Å². The van der Waals surface area contributed by atoms with Crippen molar-refractivity contribution in [1.29, 1.82) is 0 Å². The van der Waals surface area contributed by atoms with Crippen LogP contribution in [-0.2, 0) is 0 Å². The molecule has 0 aliphatic carbocycles. The Balaban J connectivity index is 0.000000396. The smallest absolute Gasteiger partial charge is 0.240 e. The molecule has 1 aliphatic rings. The number of ether oxygens (including phenoxy) is 1. The molecule has 0 spiro atoms. The Bertz CT molecular complexity index is 308. The average Bonchev–Trinajstić information content (AvgIpc) is 2.21. The van der Waals surface area contributed by atoms with Gasteiger partial charge in [0.25, 0.3) is 0 Å². The first kappa shape index (κ1) is 9.71. The van der Waals surface area contributed by atoms with Crippen LogP contribution in [0.2, 0.25) is 0 Å². The largest absolute Gasteiger partial charge is 0.470 e. The summed E-state index contributed by atoms with van der Waals surface area (Å²) in [5.41, 5.74) is 1.82. The highest BCUT2D eigenvalue weighted by Crippen LogP contribution is 2.26. The summed E-state index contributed by atoms with van der Waals surface area (Å²) in [6, 6.07) is 3.75. The highest BCUT2D eigenvalue weighted by molar-refractivity contribution is 5.87. The maximum atomic E-state index is 5.29. The van der Waals surface area contributed by atoms with Gasteiger partial charge in [0.1, 0.15) is 12.3 Å². The second-order valence-electron chi connectivity index (χ2n) is 2.46. The lowest BCUT2D eigenvalue weighted by Gasteiger charge is -2.12. The normalized spacial score (nSPS) is 13.0. The molecule has 0 bridgehead atoms. The van der Waals surface area contributed by atoms with Gasteiger partial charge in [-0.1, -0.05) is 13.8 Å². The lowest BCUT2D eigenvalue weighted by molar-refractivity contribution is 0.357. The molecule has 0 N–H and O–H groups in total. The van der Waals surface area contributed by atoms with Crippen LogP contribution in [0.4, 0.5) is 5.69 Å². The van der Waals surface area contributed by atoms with Crippen LogP contribution in [0.3, 0.4) is 0 Å². The predicted molar refractivity (Wildman–Crippen MR) is 53.8 cm³/mol. The number of rotatable bonds is 0. The van der Waals surface area contributed by atoms with Gasteiger partial charge in [-0.2, -0.15) is 0 Å². The van der Waals surface area contributed by atoms with Crippen molar-refractivity contribution in [2.75, 3.05) is 6.61 Å². The maximum absolute atomic E-state index is 5.29. The summed E-state index contributed by atoms with van der Waals surface area (Å²) in [4.78, 5) is 8.30. The van der Waals surface area contributed by atoms with Gasteiger partial charge in [-0.15, -0.1) is 0 Å². The van der Waals surface area contributed by atoms with E-state index in [1.807, 2.05) is 32.9 Å². The van der Waals surface area contributed by atoms with Crippen LogP contribution in [0.1, 0.15) is 20.8 Å². The van der Waals surface area contributed by atoms with E-state index >= 15 is 0 Å². The lowest BCUT2D eigenvalue weighted by Crippen LogP contribution is -2.11. The Morgan fingerprint density at radius 1 is 1.38 bits per heavy atom. The summed E-state index contributed by atoms with van der Waals surface area (Å²) in [6.45, 7) is 6.50. The standard InChI is InChI=1S/C8H8N2O.C2H6/c1-6-5-11-8-7(10-6)3-2-4-9-8;1-2/h2-4H,5H2,1H3;1-2H3. The van der Waals surface area contributed by atoms with Crippen LogP contribution in [0, 0.1) is 0 Å². The average molecular weight is 178 g/mol. The van der Waals surface area contributed by atoms with E-state index in [0.717, 1.165) is 11.4 Å². The number of fused-ring (bicyclic) bond motifs is 1. The first-order valence-corrected chi connectivity index (χ1v) is 4.48. The molecule has 1 aromatic heterocycles. The topological polar surface area (TPSA) is 34.5 Å². The van der Waals surface area contributed by atoms with Gasteiger partial charge in [-0.05, 0) is 19.1 Å². The van der Waals surface area contributed by atoms with Crippen molar-refractivity contribution in [3.8, 4) is 5.88 Å². The van der Waals surface area contributed by atoms with Crippen LogP contribution in [0.5, 0.6) is 5.88 Å². The zero-order valence-electron chi connectivity index (χ0n) is 8.24. The Morgan fingerprint density at radius 2 is 2.15 bits per heavy atom. The Hall–Kier alpha value is -1.38. The quantitative estimate of drug-likeness (QED) is 0.612. The highest BCUT2D eigenvalue weighted by Gasteiger charge is 2.09. The molecular formula is C10H14N2O. The zero-order chi connectivity index (χ0) is 9.68. The third-order valence-electron chi connectivity index (χ3n) is 1.48. The number of nitrogens with zero attached hydrogens (tertiary/aromatic N) is 2. The van der Waals surface area contributed by atoms with Gasteiger partial charge in [0.05, 0.1) is 5.71 Å². The Labute approximate surface area is 78.5 Å². The number of hydrogen-bond donors (Lipinski definition) is 0. The molecule has 2 rings (SSSR count). The van der Waals surface area contributed by atoms with Crippen LogP contribution in [0.15, 0.2) is 23.3 Å². The summed E-state index contributed by atoms with van der Waals surface area (Å²) >= 11 is 0. The van der Waals surface area contributed by atoms with Crippen molar-refractivity contribution < 1.29 is 4.74 Å². The molecule has 0 saturated heterocycles. The van der Waals surface area contributed by atoms with E-state index in [1.54, 1.807) is 6.20 Å². The van der Waals surface area contributed by atoms with Crippen molar-refractivity contribution in [2.45, 2.75) is 20.8 Å². The molecule has 0 fully saturated rings. The zero-order valence-corrected chi connectivity index (χ0v) is 8.24. The van der Waals surface area contributed by atoms with Gasteiger partial charge in [0.15, 0.2) is 0 Å². The summed E-state index contributed by atoms with van der Waals surface area (Å²) < 4.78 is 5.29. The van der Waals surface area contributed by atoms with Crippen LogP contribution in [0.25, 0.3) is 0 Å². The van der Waals surface area contributed by atoms with E-state index in [1.165, 1.54) is 0 Å². The van der Waals surface area contributed by atoms with Crippen molar-refractivity contribution in [3.05, 3.63) is 18.3 Å². The minimum Gasteiger partial charge on any atom is -0.470 e. The fourth-order valence-corrected chi connectivity index (χ4v) is 0.989. The first-order chi connectivity index (χ1) is 6.36. The molecule has 0 aromatic carbocycles. The minimum atomic E-state index is 0.560. The number of aliphatic imine (C=N–C) groups is 1. The minimum absolute atomic E-state index is 0.560. The molecular weight excluding hydrogens is 164 g/mol. The van der Waals surface area contributed by atoms with E-state index in [4.69, 9.17) is 4.74 Å². The third kappa shape index (κ3) is 2.28. The third-order valence-corrected chi connectivity index (χ3v) is 1.48. The SMILES string of the molecule is CC.CC1=Nc2cccnc2OC1. The molecule has 0 amide bonds. The summed E-state index contributed by atoms with van der Waals surface area (Å²) in [6.07, 6.45) is 1.70. The number of hydrogen-bond acceptors (Lipinski definition) is 3. The fraction of sp³-hybridized carbons (Fsp3) is 0.400. The van der Waals surface area contributed by atoms with Crippen molar-refractivity contribution >= 4 is 11.4 Å². The van der Waals surface area contributed by atoms with Crippen molar-refractivity contribution in [3.63, 3.8) is 0 Å². The highest BCUT2D eigenvalue weighted by atomic mass is 16.5. The van der Waals surface area contributed by atoms with Gasteiger partial charge >= 0.3 is 0 Å². The monoisotopic (exact) mass is 178 g/mol. The predicted octanol–water partition coefficient (Wildman–Crippen LogP) is 2.59. The van der Waals surface area contributed by atoms with E-state index < -0.39 is 0 Å². The molecule has 70 valence electrons. The molecule has 0 unspecified atom stereocenters. The summed E-state index contributed by atoms with van der Waals surface area (Å²) in [5.74, 6) is 0.637. The second kappa shape index (κ2) is 4.60. The number of pyridine rings is 1. The molecule has 1 aromatic rings. The molecule has 0 atom stereocenters. The van der Waals surface area contributed by atoms with Gasteiger partial charge in [0, 0.05) is 6.20 Å². The van der Waals surface area contributed by atoms with Gasteiger partial charge < -0.3 is 4.74 Å². The first-order valence-electron chi connectivity index (χ1n) is 4.48. The molecule has 2 heterocycles. The Morgan fingerprint density at radius 3 is 2.92 bits per heavy atom. The molecule has 3 heteroatoms. The summed E-state index contributed by atoms with van der Waals surface area (Å²) in [5, 5.41) is 0. The van der Waals surface area contributed by atoms with Crippen LogP contribution in [-0.4, -0.2) is 17.3 Å². The van der Waals surface area contributed by atoms with E-state index in [9.17, 15) is 0 Å². The van der Waals surface area contributed by atoms with Gasteiger partial charge in [-0.3, -0.25) is 0 Å². The van der Waals surface area contributed by atoms with Gasteiger partial charge in [-0.25, -0.2) is 9.98 Å². The van der Waals surface area contributed by atoms with Gasteiger partial charge in [0.2, 0.25) is 5.88 Å².